The average molecular weight is 413 g/mol. The number of nitrogens with zero attached hydrogens (tertiary/aromatic N) is 3. The van der Waals surface area contributed by atoms with Crippen LogP contribution in [-0.2, 0) is 6.50 Å². The van der Waals surface area contributed by atoms with Crippen molar-refractivity contribution < 1.29 is 22.5 Å². The first kappa shape index (κ1) is 10.6. The van der Waals surface area contributed by atoms with Crippen LogP contribution in [0, 0.1) is 11.6 Å². The maximum Gasteiger partial charge on any atom is 0.162 e. The van der Waals surface area contributed by atoms with E-state index in [1.165, 1.54) is 0 Å². The van der Waals surface area contributed by atoms with Crippen molar-refractivity contribution in [1.82, 2.24) is 14.9 Å². The summed E-state index contributed by atoms with van der Waals surface area (Å²) in [6, 6.07) is -5.22. The zero-order valence-electron chi connectivity index (χ0n) is 25.3. The molecule has 0 amide bonds. The van der Waals surface area contributed by atoms with Gasteiger partial charge in [0.25, 0.3) is 0 Å². The number of benzene rings is 1. The number of likely N-dealkylation sites (tertiary alicyclic amines) is 1. The first-order valence-electron chi connectivity index (χ1n) is 13.6. The van der Waals surface area contributed by atoms with Crippen LogP contribution in [0.4, 0.5) is 14.6 Å². The van der Waals surface area contributed by atoms with Gasteiger partial charge in [-0.25, -0.2) is 18.7 Å². The molecule has 1 aromatic carbocycles. The Balaban J connectivity index is 1.67. The van der Waals surface area contributed by atoms with E-state index in [4.69, 9.17) is 13.7 Å². The number of hydrogen-bond donors (Lipinski definition) is 1. The monoisotopic (exact) mass is 412 g/mol. The van der Waals surface area contributed by atoms with Crippen LogP contribution in [0.5, 0.6) is 0 Å². The SMILES string of the molecule is [2H]c1nc(N([2H])C2([2H])CCN(C([2H])([2H])c3c([2H])c(F)c([2H])c(F)c3[2H])CC2)c2c([2H])c(C([2H])(C)C)sc2n1. The molecule has 0 radical (unpaired) electrons. The van der Waals surface area contributed by atoms with Crippen molar-refractivity contribution >= 4 is 27.4 Å². The lowest BCUT2D eigenvalue weighted by molar-refractivity contribution is 0.211. The lowest BCUT2D eigenvalue weighted by Crippen LogP contribution is -2.38. The summed E-state index contributed by atoms with van der Waals surface area (Å²) in [4.78, 5) is 9.75. The van der Waals surface area contributed by atoms with Crippen LogP contribution in [0.25, 0.3) is 10.2 Å². The molecule has 0 bridgehead atoms. The van der Waals surface area contributed by atoms with Crippen molar-refractivity contribution in [1.29, 1.82) is 0 Å². The second-order valence-electron chi connectivity index (χ2n) is 6.54. The number of piperidine rings is 1. The fourth-order valence-corrected chi connectivity index (χ4v) is 3.70. The molecule has 1 aliphatic rings. The number of hydrogen-bond acceptors (Lipinski definition) is 5. The number of aromatic nitrogens is 2. The van der Waals surface area contributed by atoms with Gasteiger partial charge in [0.15, 0.2) is 1.41 Å². The molecule has 7 heteroatoms. The van der Waals surface area contributed by atoms with E-state index < -0.39 is 60.0 Å². The van der Waals surface area contributed by atoms with Crippen LogP contribution in [0.15, 0.2) is 30.5 Å². The molecule has 0 saturated carbocycles. The second-order valence-corrected chi connectivity index (χ2v) is 7.54. The summed E-state index contributed by atoms with van der Waals surface area (Å²) in [6.45, 7) is 0.128. The van der Waals surface area contributed by atoms with Crippen LogP contribution >= 0.6 is 11.3 Å². The number of halogens is 2. The summed E-state index contributed by atoms with van der Waals surface area (Å²) in [5, 5.41) is 0.896. The van der Waals surface area contributed by atoms with Crippen molar-refractivity contribution in [3.05, 3.63) is 52.5 Å². The van der Waals surface area contributed by atoms with E-state index in [-0.39, 0.29) is 48.0 Å². The summed E-state index contributed by atoms with van der Waals surface area (Å²) in [7, 11) is 0. The zero-order valence-corrected chi connectivity index (χ0v) is 16.1. The molecule has 3 heterocycles. The Labute approximate surface area is 181 Å². The highest BCUT2D eigenvalue weighted by molar-refractivity contribution is 7.18. The molecule has 1 saturated heterocycles. The van der Waals surface area contributed by atoms with Gasteiger partial charge in [0.2, 0.25) is 0 Å². The van der Waals surface area contributed by atoms with E-state index in [0.29, 0.717) is 4.88 Å². The van der Waals surface area contributed by atoms with Crippen molar-refractivity contribution in [3.8, 4) is 0 Å². The normalized spacial score (nSPS) is 23.3. The Morgan fingerprint density at radius 1 is 1.32 bits per heavy atom. The number of anilines is 1. The molecule has 0 unspecified atom stereocenters. The van der Waals surface area contributed by atoms with Crippen LogP contribution in [0.2, 0.25) is 1.41 Å². The highest BCUT2D eigenvalue weighted by Gasteiger charge is 2.21. The van der Waals surface area contributed by atoms with Gasteiger partial charge < -0.3 is 5.31 Å². The molecule has 2 aromatic heterocycles. The lowest BCUT2D eigenvalue weighted by Gasteiger charge is -2.32. The van der Waals surface area contributed by atoms with Gasteiger partial charge in [0.05, 0.1) is 12.2 Å². The van der Waals surface area contributed by atoms with E-state index >= 15 is 0 Å². The topological polar surface area (TPSA) is 41.1 Å². The van der Waals surface area contributed by atoms with Gasteiger partial charge >= 0.3 is 0 Å². The highest BCUT2D eigenvalue weighted by Crippen LogP contribution is 2.33. The highest BCUT2D eigenvalue weighted by atomic mass is 32.1. The van der Waals surface area contributed by atoms with E-state index in [9.17, 15) is 8.78 Å². The van der Waals surface area contributed by atoms with Crippen molar-refractivity contribution in [2.75, 3.05) is 18.4 Å². The molecule has 1 aliphatic heterocycles. The van der Waals surface area contributed by atoms with Crippen LogP contribution in [0.1, 0.15) is 55.4 Å². The molecular weight excluding hydrogens is 378 g/mol. The van der Waals surface area contributed by atoms with Gasteiger partial charge in [0, 0.05) is 40.6 Å². The van der Waals surface area contributed by atoms with Crippen molar-refractivity contribution in [2.45, 2.75) is 45.1 Å². The molecule has 4 rings (SSSR count). The van der Waals surface area contributed by atoms with Gasteiger partial charge in [-0.3, -0.25) is 4.90 Å². The molecule has 1 fully saturated rings. The van der Waals surface area contributed by atoms with E-state index in [2.05, 4.69) is 9.97 Å². The van der Waals surface area contributed by atoms with Gasteiger partial charge in [-0.05, 0) is 42.4 Å². The average Bonchev–Trinajstić information content (AvgIpc) is 3.17. The van der Waals surface area contributed by atoms with E-state index in [0.717, 1.165) is 21.5 Å². The second kappa shape index (κ2) is 8.09. The molecule has 4 nitrogen and oxygen atoms in total. The summed E-state index contributed by atoms with van der Waals surface area (Å²) in [5.74, 6) is -4.44. The lowest BCUT2D eigenvalue weighted by atomic mass is 10.0. The Hall–Kier alpha value is -2.12. The molecule has 28 heavy (non-hydrogen) atoms. The summed E-state index contributed by atoms with van der Waals surface area (Å²) >= 11 is 1.04. The quantitative estimate of drug-likeness (QED) is 0.628. The molecule has 3 aromatic rings. The first-order chi connectivity index (χ1) is 17.4. The standard InChI is InChI=1S/C21H24F2N4S/c1-13(2)19-10-18-20(24-12-25-21(18)28-19)26-17-3-5-27(6-4-17)11-14-7-15(22)9-16(23)8-14/h7-10,12-13,17H,3-6,11H2,1-2H3,(H,24,25,26)/i7D,8D,9D,10D,11D2,12D,13D,17D/hD. The zero-order chi connectivity index (χ0) is 28.5. The Morgan fingerprint density at radius 2 is 2.04 bits per heavy atom. The van der Waals surface area contributed by atoms with Gasteiger partial charge in [0.1, 0.15) is 30.0 Å². The maximum atomic E-state index is 14.2. The number of nitrogens with one attached hydrogen (secondary N) is 1. The number of thiophene rings is 1. The fraction of sp³-hybridized carbons (Fsp3) is 0.429. The first-order valence-corrected chi connectivity index (χ1v) is 9.51. The Morgan fingerprint density at radius 3 is 2.71 bits per heavy atom. The minimum Gasteiger partial charge on any atom is -0.367 e. The van der Waals surface area contributed by atoms with Crippen molar-refractivity contribution in [2.24, 2.45) is 0 Å². The fourth-order valence-electron chi connectivity index (χ4n) is 2.81. The van der Waals surface area contributed by atoms with Crippen molar-refractivity contribution in [3.63, 3.8) is 0 Å². The molecule has 0 aliphatic carbocycles. The molecule has 0 spiro atoms. The Bertz CT molecular complexity index is 1390. The third kappa shape index (κ3) is 4.31. The van der Waals surface area contributed by atoms with Crippen LogP contribution in [-0.4, -0.2) is 34.0 Å². The maximum absolute atomic E-state index is 14.2. The summed E-state index contributed by atoms with van der Waals surface area (Å²) < 4.78 is 111. The minimum atomic E-state index is -2.68. The molecule has 0 atom stereocenters. The summed E-state index contributed by atoms with van der Waals surface area (Å²) in [5.41, 5.74) is -0.859. The van der Waals surface area contributed by atoms with Crippen LogP contribution < -0.4 is 5.31 Å². The predicted molar refractivity (Wildman–Crippen MR) is 110 cm³/mol. The number of rotatable bonds is 5. The molecular formula is C21H24F2N4S. The van der Waals surface area contributed by atoms with E-state index in [1.54, 1.807) is 13.8 Å². The molecule has 148 valence electrons. The predicted octanol–water partition coefficient (Wildman–Crippen LogP) is 5.17. The van der Waals surface area contributed by atoms with Crippen LogP contribution in [0.3, 0.4) is 0 Å². The minimum absolute atomic E-state index is 0.0672. The Kier molecular flexibility index (Phi) is 3.06. The smallest absolute Gasteiger partial charge is 0.162 e. The van der Waals surface area contributed by atoms with Gasteiger partial charge in [-0.2, -0.15) is 0 Å². The number of fused-ring (bicyclic) bond motifs is 1. The third-order valence-electron chi connectivity index (χ3n) is 4.20. The van der Waals surface area contributed by atoms with E-state index in [1.807, 2.05) is 0 Å². The van der Waals surface area contributed by atoms with Gasteiger partial charge in [-0.15, -0.1) is 11.3 Å². The van der Waals surface area contributed by atoms with Gasteiger partial charge in [-0.1, -0.05) is 13.8 Å². The summed E-state index contributed by atoms with van der Waals surface area (Å²) in [6.07, 6.45) is -0.748. The molecule has 1 N–H and O–H groups in total. The largest absolute Gasteiger partial charge is 0.367 e. The third-order valence-corrected chi connectivity index (χ3v) is 5.40.